The van der Waals surface area contributed by atoms with Gasteiger partial charge in [-0.05, 0) is 0 Å². The predicted octanol–water partition coefficient (Wildman–Crippen LogP) is 3.72. The van der Waals surface area contributed by atoms with Crippen molar-refractivity contribution in [2.45, 2.75) is 26.2 Å². The Morgan fingerprint density at radius 2 is 2.00 bits per heavy atom. The Hall–Kier alpha value is -0.170. The van der Waals surface area contributed by atoms with E-state index >= 15 is 0 Å². The van der Waals surface area contributed by atoms with Gasteiger partial charge in [0.1, 0.15) is 0 Å². The zero-order chi connectivity index (χ0) is 10.1. The summed E-state index contributed by atoms with van der Waals surface area (Å²) < 4.78 is 1.67. The Balaban J connectivity index is 2.32. The van der Waals surface area contributed by atoms with Gasteiger partial charge in [0.2, 0.25) is 0 Å². The SMILES string of the molecule is CC(C)CC1[C]([Hf])=Cc2ccccc21. The van der Waals surface area contributed by atoms with E-state index < -0.39 is 0 Å². The fraction of sp³-hybridized carbons (Fsp3) is 0.385. The van der Waals surface area contributed by atoms with Crippen LogP contribution in [0.3, 0.4) is 0 Å². The molecule has 0 radical (unpaired) electrons. The van der Waals surface area contributed by atoms with E-state index in [1.807, 2.05) is 0 Å². The Bertz CT molecular complexity index is 363. The average Bonchev–Trinajstić information content (AvgIpc) is 2.43. The summed E-state index contributed by atoms with van der Waals surface area (Å²) in [7, 11) is 0. The van der Waals surface area contributed by atoms with Crippen molar-refractivity contribution in [1.29, 1.82) is 0 Å². The number of benzene rings is 1. The molecular weight excluding hydrogens is 335 g/mol. The second-order valence-electron chi connectivity index (χ2n) is 4.41. The molecule has 1 aliphatic carbocycles. The van der Waals surface area contributed by atoms with Crippen LogP contribution in [0, 0.1) is 5.92 Å². The Labute approximate surface area is 101 Å². The molecule has 2 rings (SSSR count). The van der Waals surface area contributed by atoms with E-state index in [0.29, 0.717) is 0 Å². The Morgan fingerprint density at radius 1 is 1.29 bits per heavy atom. The van der Waals surface area contributed by atoms with E-state index in [4.69, 9.17) is 0 Å². The molecule has 1 aliphatic rings. The van der Waals surface area contributed by atoms with Crippen LogP contribution in [0.2, 0.25) is 0 Å². The minimum absolute atomic E-state index is 0.734. The molecule has 0 nitrogen and oxygen atoms in total. The quantitative estimate of drug-likeness (QED) is 0.714. The van der Waals surface area contributed by atoms with Crippen LogP contribution >= 0.6 is 0 Å². The van der Waals surface area contributed by atoms with Gasteiger partial charge >= 0.3 is 101 Å². The molecule has 71 valence electrons. The summed E-state index contributed by atoms with van der Waals surface area (Å²) in [6.45, 7) is 4.63. The fourth-order valence-corrected chi connectivity index (χ4v) is 3.66. The first kappa shape index (κ1) is 10.4. The van der Waals surface area contributed by atoms with Crippen molar-refractivity contribution in [3.8, 4) is 0 Å². The molecule has 1 atom stereocenters. The first-order chi connectivity index (χ1) is 6.68. The summed E-state index contributed by atoms with van der Waals surface area (Å²) >= 11 is 1.21. The molecule has 0 saturated heterocycles. The second kappa shape index (κ2) is 4.14. The molecule has 1 aromatic carbocycles. The van der Waals surface area contributed by atoms with Crippen LogP contribution in [0.25, 0.3) is 6.08 Å². The van der Waals surface area contributed by atoms with Crippen LogP contribution in [-0.2, 0) is 24.4 Å². The number of hydrogen-bond donors (Lipinski definition) is 0. The van der Waals surface area contributed by atoms with E-state index in [9.17, 15) is 0 Å². The molecule has 0 N–H and O–H groups in total. The van der Waals surface area contributed by atoms with Gasteiger partial charge in [0.15, 0.2) is 0 Å². The van der Waals surface area contributed by atoms with Crippen LogP contribution in [0.4, 0.5) is 0 Å². The predicted molar refractivity (Wildman–Crippen MR) is 56.6 cm³/mol. The van der Waals surface area contributed by atoms with Gasteiger partial charge in [0, 0.05) is 0 Å². The molecule has 1 heteroatoms. The van der Waals surface area contributed by atoms with E-state index in [1.54, 1.807) is 8.89 Å². The summed E-state index contributed by atoms with van der Waals surface area (Å²) in [4.78, 5) is 0. The first-order valence-corrected chi connectivity index (χ1v) is 7.00. The van der Waals surface area contributed by atoms with Gasteiger partial charge in [0.05, 0.1) is 0 Å². The zero-order valence-electron chi connectivity index (χ0n) is 8.75. The van der Waals surface area contributed by atoms with Crippen LogP contribution in [0.5, 0.6) is 0 Å². The number of fused-ring (bicyclic) bond motifs is 1. The Kier molecular flexibility index (Phi) is 3.06. The summed E-state index contributed by atoms with van der Waals surface area (Å²) in [6.07, 6.45) is 3.71. The van der Waals surface area contributed by atoms with Gasteiger partial charge in [-0.15, -0.1) is 0 Å². The van der Waals surface area contributed by atoms with Crippen molar-refractivity contribution in [3.05, 3.63) is 38.7 Å². The summed E-state index contributed by atoms with van der Waals surface area (Å²) in [5.74, 6) is 1.53. The monoisotopic (exact) mass is 351 g/mol. The maximum absolute atomic E-state index is 2.40. The topological polar surface area (TPSA) is 0 Å². The van der Waals surface area contributed by atoms with Crippen LogP contribution in [0.1, 0.15) is 37.3 Å². The van der Waals surface area contributed by atoms with Crippen molar-refractivity contribution in [2.24, 2.45) is 5.92 Å². The van der Waals surface area contributed by atoms with Crippen molar-refractivity contribution in [1.82, 2.24) is 0 Å². The molecule has 0 aromatic heterocycles. The van der Waals surface area contributed by atoms with Crippen molar-refractivity contribution >= 4 is 6.08 Å². The molecule has 1 aromatic rings. The Morgan fingerprint density at radius 3 is 2.71 bits per heavy atom. The third-order valence-corrected chi connectivity index (χ3v) is 4.54. The molecule has 0 fully saturated rings. The van der Waals surface area contributed by atoms with Gasteiger partial charge in [-0.25, -0.2) is 0 Å². The zero-order valence-corrected chi connectivity index (χ0v) is 12.3. The molecule has 0 heterocycles. The molecule has 0 bridgehead atoms. The maximum atomic E-state index is 2.40. The van der Waals surface area contributed by atoms with Crippen molar-refractivity contribution in [3.63, 3.8) is 0 Å². The first-order valence-electron chi connectivity index (χ1n) is 5.20. The average molecular weight is 350 g/mol. The van der Waals surface area contributed by atoms with Gasteiger partial charge < -0.3 is 0 Å². The molecule has 0 amide bonds. The van der Waals surface area contributed by atoms with E-state index in [2.05, 4.69) is 44.2 Å². The third kappa shape index (κ3) is 1.93. The van der Waals surface area contributed by atoms with Gasteiger partial charge in [-0.1, -0.05) is 0 Å². The third-order valence-electron chi connectivity index (χ3n) is 2.76. The van der Waals surface area contributed by atoms with Gasteiger partial charge in [-0.3, -0.25) is 0 Å². The van der Waals surface area contributed by atoms with E-state index in [-0.39, 0.29) is 0 Å². The molecule has 1 unspecified atom stereocenters. The number of rotatable bonds is 2. The molecule has 0 aliphatic heterocycles. The summed E-state index contributed by atoms with van der Waals surface area (Å²) in [6, 6.07) is 8.85. The van der Waals surface area contributed by atoms with Crippen molar-refractivity contribution in [2.75, 3.05) is 0 Å². The van der Waals surface area contributed by atoms with Crippen LogP contribution in [-0.4, -0.2) is 0 Å². The molecule has 0 saturated carbocycles. The summed E-state index contributed by atoms with van der Waals surface area (Å²) in [5, 5.41) is 0. The van der Waals surface area contributed by atoms with Crippen LogP contribution < -0.4 is 0 Å². The molecule has 0 spiro atoms. The minimum atomic E-state index is 0.734. The normalized spacial score (nSPS) is 19.6. The van der Waals surface area contributed by atoms with Crippen LogP contribution in [0.15, 0.2) is 27.6 Å². The van der Waals surface area contributed by atoms with E-state index in [0.717, 1.165) is 11.8 Å². The number of allylic oxidation sites excluding steroid dienone is 1. The van der Waals surface area contributed by atoms with Gasteiger partial charge in [-0.2, -0.15) is 0 Å². The fourth-order valence-electron chi connectivity index (χ4n) is 2.12. The standard InChI is InChI=1S/C13H15.Hf/c1-10(2)9-12-8-7-11-5-3-4-6-13(11)12;/h3-7,10,12H,9H2,1-2H3;. The van der Waals surface area contributed by atoms with Gasteiger partial charge in [0.25, 0.3) is 0 Å². The number of hydrogen-bond acceptors (Lipinski definition) is 0. The second-order valence-corrected chi connectivity index (χ2v) is 6.48. The molecular formula is C13H15Hf. The van der Waals surface area contributed by atoms with Crippen molar-refractivity contribution < 1.29 is 24.4 Å². The van der Waals surface area contributed by atoms with E-state index in [1.165, 1.54) is 36.4 Å². The molecule has 14 heavy (non-hydrogen) atoms. The summed E-state index contributed by atoms with van der Waals surface area (Å²) in [5.41, 5.74) is 3.02.